The highest BCUT2D eigenvalue weighted by atomic mass is 16.1. The number of hydrogen-bond donors (Lipinski definition) is 1. The smallest absolute Gasteiger partial charge is 0.146 e. The largest absolute Gasteiger partial charge is 0.311 e. The minimum Gasteiger partial charge on any atom is -0.311 e. The zero-order valence-corrected chi connectivity index (χ0v) is 8.16. The van der Waals surface area contributed by atoms with Crippen LogP contribution in [-0.2, 0) is 4.79 Å². The number of nitrogens with one attached hydrogen (secondary N) is 1. The molecule has 0 aromatic rings. The lowest BCUT2D eigenvalue weighted by molar-refractivity contribution is -0.119. The first kappa shape index (κ1) is 11.9. The summed E-state index contributed by atoms with van der Waals surface area (Å²) >= 11 is 0. The second-order valence-corrected chi connectivity index (χ2v) is 2.90. The molecule has 5 nitrogen and oxygen atoms in total. The fourth-order valence-corrected chi connectivity index (χ4v) is 1.13. The molecular weight excluding hydrogens is 168 g/mol. The van der Waals surface area contributed by atoms with Crippen LogP contribution in [0, 0.1) is 0 Å². The van der Waals surface area contributed by atoms with Gasteiger partial charge in [-0.1, -0.05) is 11.5 Å². The number of Topliss-reactive ketones (excluding diaryl/α,β-unsaturated/α-hetero) is 1. The van der Waals surface area contributed by atoms with Crippen LogP contribution in [0.4, 0.5) is 0 Å². The molecule has 1 unspecified atom stereocenters. The van der Waals surface area contributed by atoms with Gasteiger partial charge in [-0.3, -0.25) is 4.79 Å². The SMILES string of the molecule is CNC(CCCCN=[N+]=[N-])C(C)=O. The molecule has 0 aliphatic carbocycles. The van der Waals surface area contributed by atoms with Crippen molar-refractivity contribution in [3.63, 3.8) is 0 Å². The predicted octanol–water partition coefficient (Wildman–Crippen LogP) is 1.64. The van der Waals surface area contributed by atoms with Crippen molar-refractivity contribution >= 4 is 5.78 Å². The van der Waals surface area contributed by atoms with Gasteiger partial charge in [0.1, 0.15) is 5.78 Å². The summed E-state index contributed by atoms with van der Waals surface area (Å²) in [5.41, 5.74) is 8.00. The number of azide groups is 1. The van der Waals surface area contributed by atoms with E-state index in [1.54, 1.807) is 14.0 Å². The van der Waals surface area contributed by atoms with Gasteiger partial charge in [0.05, 0.1) is 6.04 Å². The van der Waals surface area contributed by atoms with Crippen molar-refractivity contribution in [3.8, 4) is 0 Å². The van der Waals surface area contributed by atoms with Gasteiger partial charge in [-0.05, 0) is 32.3 Å². The first-order valence-electron chi connectivity index (χ1n) is 4.41. The summed E-state index contributed by atoms with van der Waals surface area (Å²) in [4.78, 5) is 13.6. The van der Waals surface area contributed by atoms with E-state index in [-0.39, 0.29) is 11.8 Å². The number of rotatable bonds is 7. The molecule has 0 bridgehead atoms. The van der Waals surface area contributed by atoms with Gasteiger partial charge in [-0.2, -0.15) is 0 Å². The zero-order valence-electron chi connectivity index (χ0n) is 8.16. The molecule has 1 atom stereocenters. The Morgan fingerprint density at radius 1 is 1.62 bits per heavy atom. The number of nitrogens with zero attached hydrogens (tertiary/aromatic N) is 3. The maximum Gasteiger partial charge on any atom is 0.146 e. The number of likely N-dealkylation sites (N-methyl/N-ethyl adjacent to an activating group) is 1. The van der Waals surface area contributed by atoms with E-state index in [0.717, 1.165) is 19.3 Å². The van der Waals surface area contributed by atoms with Crippen LogP contribution in [0.25, 0.3) is 10.4 Å². The molecule has 0 aliphatic rings. The van der Waals surface area contributed by atoms with Gasteiger partial charge in [0, 0.05) is 11.5 Å². The van der Waals surface area contributed by atoms with Gasteiger partial charge in [0.25, 0.3) is 0 Å². The monoisotopic (exact) mass is 184 g/mol. The average molecular weight is 184 g/mol. The Kier molecular flexibility index (Phi) is 6.96. The molecule has 5 heteroatoms. The van der Waals surface area contributed by atoms with E-state index in [4.69, 9.17) is 5.53 Å². The van der Waals surface area contributed by atoms with E-state index in [2.05, 4.69) is 15.3 Å². The van der Waals surface area contributed by atoms with Crippen molar-refractivity contribution in [2.75, 3.05) is 13.6 Å². The van der Waals surface area contributed by atoms with E-state index in [0.29, 0.717) is 6.54 Å². The Labute approximate surface area is 78.1 Å². The second kappa shape index (κ2) is 7.58. The van der Waals surface area contributed by atoms with Crippen molar-refractivity contribution in [1.29, 1.82) is 0 Å². The molecule has 13 heavy (non-hydrogen) atoms. The molecule has 0 saturated heterocycles. The maximum absolute atomic E-state index is 11.0. The molecular formula is C8H16N4O. The minimum absolute atomic E-state index is 0.0499. The molecule has 0 aromatic heterocycles. The average Bonchev–Trinajstić information content (AvgIpc) is 2.10. The van der Waals surface area contributed by atoms with Crippen molar-refractivity contribution in [2.24, 2.45) is 5.11 Å². The molecule has 0 aromatic carbocycles. The van der Waals surface area contributed by atoms with Crippen LogP contribution in [0.3, 0.4) is 0 Å². The lowest BCUT2D eigenvalue weighted by Crippen LogP contribution is -2.32. The summed E-state index contributed by atoms with van der Waals surface area (Å²) in [5, 5.41) is 6.35. The van der Waals surface area contributed by atoms with Gasteiger partial charge in [-0.25, -0.2) is 0 Å². The fourth-order valence-electron chi connectivity index (χ4n) is 1.13. The first-order chi connectivity index (χ1) is 6.22. The van der Waals surface area contributed by atoms with Gasteiger partial charge in [0.2, 0.25) is 0 Å². The van der Waals surface area contributed by atoms with Crippen LogP contribution in [-0.4, -0.2) is 25.4 Å². The van der Waals surface area contributed by atoms with E-state index < -0.39 is 0 Å². The van der Waals surface area contributed by atoms with Crippen molar-refractivity contribution in [1.82, 2.24) is 5.32 Å². The standard InChI is InChI=1S/C8H16N4O/c1-7(13)8(10-2)5-3-4-6-11-12-9/h8,10H,3-6H2,1-2H3. The van der Waals surface area contributed by atoms with Crippen LogP contribution in [0.5, 0.6) is 0 Å². The molecule has 0 amide bonds. The summed E-state index contributed by atoms with van der Waals surface area (Å²) in [7, 11) is 1.78. The summed E-state index contributed by atoms with van der Waals surface area (Å²) in [6.45, 7) is 2.10. The highest BCUT2D eigenvalue weighted by molar-refractivity contribution is 5.81. The number of ketones is 1. The van der Waals surface area contributed by atoms with Gasteiger partial charge >= 0.3 is 0 Å². The summed E-state index contributed by atoms with van der Waals surface area (Å²) < 4.78 is 0. The van der Waals surface area contributed by atoms with Crippen LogP contribution in [0.1, 0.15) is 26.2 Å². The lowest BCUT2D eigenvalue weighted by Gasteiger charge is -2.11. The maximum atomic E-state index is 11.0. The Bertz CT molecular complexity index is 198. The van der Waals surface area contributed by atoms with E-state index in [1.807, 2.05) is 0 Å². The Balaban J connectivity index is 3.49. The number of carbonyl (C=O) groups is 1. The molecule has 1 N–H and O–H groups in total. The van der Waals surface area contributed by atoms with E-state index in [9.17, 15) is 4.79 Å². The highest BCUT2D eigenvalue weighted by Crippen LogP contribution is 2.01. The summed E-state index contributed by atoms with van der Waals surface area (Å²) in [5.74, 6) is 0.159. The van der Waals surface area contributed by atoms with Crippen molar-refractivity contribution < 1.29 is 4.79 Å². The zero-order chi connectivity index (χ0) is 10.1. The molecule has 74 valence electrons. The van der Waals surface area contributed by atoms with Crippen LogP contribution < -0.4 is 5.32 Å². The molecule has 0 rings (SSSR count). The first-order valence-corrected chi connectivity index (χ1v) is 4.41. The third-order valence-electron chi connectivity index (χ3n) is 1.90. The quantitative estimate of drug-likeness (QED) is 0.282. The Morgan fingerprint density at radius 3 is 2.77 bits per heavy atom. The normalized spacial score (nSPS) is 11.8. The number of unbranched alkanes of at least 4 members (excludes halogenated alkanes) is 1. The minimum atomic E-state index is -0.0499. The third kappa shape index (κ3) is 6.13. The van der Waals surface area contributed by atoms with Crippen LogP contribution in [0.2, 0.25) is 0 Å². The molecule has 0 radical (unpaired) electrons. The van der Waals surface area contributed by atoms with Gasteiger partial charge in [-0.15, -0.1) is 0 Å². The van der Waals surface area contributed by atoms with Crippen molar-refractivity contribution in [2.45, 2.75) is 32.2 Å². The highest BCUT2D eigenvalue weighted by Gasteiger charge is 2.09. The molecule has 0 saturated carbocycles. The third-order valence-corrected chi connectivity index (χ3v) is 1.90. The molecule has 0 spiro atoms. The topological polar surface area (TPSA) is 77.9 Å². The van der Waals surface area contributed by atoms with Gasteiger partial charge in [0.15, 0.2) is 0 Å². The van der Waals surface area contributed by atoms with Gasteiger partial charge < -0.3 is 5.32 Å². The van der Waals surface area contributed by atoms with E-state index >= 15 is 0 Å². The van der Waals surface area contributed by atoms with Crippen LogP contribution >= 0.6 is 0 Å². The molecule has 0 fully saturated rings. The second-order valence-electron chi connectivity index (χ2n) is 2.90. The van der Waals surface area contributed by atoms with Crippen LogP contribution in [0.15, 0.2) is 5.11 Å². The summed E-state index contributed by atoms with van der Waals surface area (Å²) in [6, 6.07) is -0.0499. The fraction of sp³-hybridized carbons (Fsp3) is 0.875. The van der Waals surface area contributed by atoms with E-state index in [1.165, 1.54) is 0 Å². The Hall–Kier alpha value is -1.06. The molecule has 0 heterocycles. The van der Waals surface area contributed by atoms with Crippen molar-refractivity contribution in [3.05, 3.63) is 10.4 Å². The molecule has 0 aliphatic heterocycles. The predicted molar refractivity (Wildman–Crippen MR) is 51.4 cm³/mol. The summed E-state index contributed by atoms with van der Waals surface area (Å²) in [6.07, 6.45) is 2.56. The Morgan fingerprint density at radius 2 is 2.31 bits per heavy atom. The number of carbonyl (C=O) groups excluding carboxylic acids is 1. The number of hydrogen-bond acceptors (Lipinski definition) is 3. The lowest BCUT2D eigenvalue weighted by atomic mass is 10.1.